The molecule has 8 atom stereocenters. The zero-order valence-corrected chi connectivity index (χ0v) is 18.0. The molecular formula is C14H30Cl3N3O10. The topological polar surface area (TPSA) is 232 Å². The first-order valence-corrected chi connectivity index (χ1v) is 8.25. The summed E-state index contributed by atoms with van der Waals surface area (Å²) in [5, 5.41) is 84.0. The summed E-state index contributed by atoms with van der Waals surface area (Å²) in [6.07, 6.45) is -7.47. The van der Waals surface area contributed by atoms with Gasteiger partial charge in [-0.3, -0.25) is 20.2 Å². The number of nitrogens with one attached hydrogen (secondary N) is 3. The molecule has 0 unspecified atom stereocenters. The molecule has 0 amide bonds. The molecule has 0 radical (unpaired) electrons. The Hall–Kier alpha value is -0.550. The molecule has 0 saturated heterocycles. The Morgan fingerprint density at radius 2 is 1.03 bits per heavy atom. The third-order valence-corrected chi connectivity index (χ3v) is 4.38. The molecule has 0 bridgehead atoms. The molecule has 0 aromatic carbocycles. The minimum Gasteiger partial charge on any atom is -0.480 e. The van der Waals surface area contributed by atoms with Gasteiger partial charge in [-0.25, -0.2) is 0 Å². The van der Waals surface area contributed by atoms with E-state index >= 15 is 0 Å². The van der Waals surface area contributed by atoms with Gasteiger partial charge in [-0.2, -0.15) is 0 Å². The molecular weight excluding hydrogens is 477 g/mol. The molecule has 1 saturated carbocycles. The van der Waals surface area contributed by atoms with E-state index in [1.807, 2.05) is 0 Å². The van der Waals surface area contributed by atoms with Gasteiger partial charge in [0.25, 0.3) is 0 Å². The van der Waals surface area contributed by atoms with E-state index in [9.17, 15) is 35.1 Å². The lowest BCUT2D eigenvalue weighted by Gasteiger charge is -2.47. The van der Waals surface area contributed by atoms with Gasteiger partial charge in [0, 0.05) is 6.54 Å². The SMILES string of the molecule is Cl.Cl.Cl.O=C(O)CN[C@@H]1[C@H](O)[C@H](NCC(=O)O)[C@H](O)[C@H](NC[C@H](O)[C@H](O)CO)[C@@H]1O. The first-order valence-electron chi connectivity index (χ1n) is 8.25. The van der Waals surface area contributed by atoms with Crippen LogP contribution in [0.3, 0.4) is 0 Å². The molecule has 0 aliphatic heterocycles. The number of hydrogen-bond acceptors (Lipinski definition) is 11. The maximum Gasteiger partial charge on any atom is 0.317 e. The molecule has 0 heterocycles. The first-order chi connectivity index (χ1) is 12.6. The highest BCUT2D eigenvalue weighted by Crippen LogP contribution is 2.22. The van der Waals surface area contributed by atoms with Crippen LogP contribution in [0.4, 0.5) is 0 Å². The van der Waals surface area contributed by atoms with E-state index in [1.165, 1.54) is 0 Å². The van der Waals surface area contributed by atoms with Crippen molar-refractivity contribution < 1.29 is 50.4 Å². The van der Waals surface area contributed by atoms with E-state index in [4.69, 9.17) is 15.3 Å². The number of carboxylic acids is 2. The second-order valence-corrected chi connectivity index (χ2v) is 6.32. The van der Waals surface area contributed by atoms with Gasteiger partial charge in [0.1, 0.15) is 6.10 Å². The van der Waals surface area contributed by atoms with Crippen molar-refractivity contribution >= 4 is 49.2 Å². The van der Waals surface area contributed by atoms with Crippen LogP contribution >= 0.6 is 37.2 Å². The normalized spacial score (nSPS) is 30.1. The Balaban J connectivity index is -0.00000243. The van der Waals surface area contributed by atoms with Crippen LogP contribution in [0.5, 0.6) is 0 Å². The summed E-state index contributed by atoms with van der Waals surface area (Å²) in [4.78, 5) is 21.5. The smallest absolute Gasteiger partial charge is 0.317 e. The van der Waals surface area contributed by atoms with E-state index in [2.05, 4.69) is 16.0 Å². The second-order valence-electron chi connectivity index (χ2n) is 6.32. The van der Waals surface area contributed by atoms with Crippen LogP contribution < -0.4 is 16.0 Å². The Kier molecular flexibility index (Phi) is 18.3. The number of carboxylic acid groups (broad SMARTS) is 2. The third-order valence-electron chi connectivity index (χ3n) is 4.38. The summed E-state index contributed by atoms with van der Waals surface area (Å²) < 4.78 is 0. The van der Waals surface area contributed by atoms with Crippen molar-refractivity contribution in [2.24, 2.45) is 0 Å². The number of rotatable bonds is 11. The summed E-state index contributed by atoms with van der Waals surface area (Å²) in [6, 6.07) is -3.70. The standard InChI is InChI=1S/C14H27N3O10.3ClH/c18-4-6(20)5(19)1-15-9-12(25)10(16-2-7(21)22)14(27)11(13(9)26)17-3-8(23)24;;;/h5-6,9-20,25-27H,1-4H2,(H,21,22)(H,23,24);3*1H/t5-,6+,9-,10+,11-,12+,13-,14+;;;/m0.../s1. The molecule has 1 rings (SSSR count). The van der Waals surface area contributed by atoms with Crippen LogP contribution in [-0.2, 0) is 9.59 Å². The van der Waals surface area contributed by atoms with Crippen molar-refractivity contribution in [1.29, 1.82) is 0 Å². The van der Waals surface area contributed by atoms with Gasteiger partial charge < -0.3 is 46.2 Å². The van der Waals surface area contributed by atoms with Crippen molar-refractivity contribution in [3.63, 3.8) is 0 Å². The summed E-state index contributed by atoms with van der Waals surface area (Å²) in [6.45, 7) is -2.30. The molecule has 16 heteroatoms. The van der Waals surface area contributed by atoms with Crippen molar-refractivity contribution in [3.05, 3.63) is 0 Å². The molecule has 1 aliphatic rings. The van der Waals surface area contributed by atoms with Gasteiger partial charge in [-0.05, 0) is 0 Å². The van der Waals surface area contributed by atoms with Gasteiger partial charge in [0.2, 0.25) is 0 Å². The van der Waals surface area contributed by atoms with Crippen LogP contribution in [0.1, 0.15) is 0 Å². The van der Waals surface area contributed by atoms with E-state index < -0.39 is 80.3 Å². The van der Waals surface area contributed by atoms with E-state index in [1.54, 1.807) is 0 Å². The fourth-order valence-electron chi connectivity index (χ4n) is 2.93. The van der Waals surface area contributed by atoms with Crippen molar-refractivity contribution in [2.75, 3.05) is 26.2 Å². The van der Waals surface area contributed by atoms with Crippen LogP contribution in [-0.4, -0.2) is 128 Å². The van der Waals surface area contributed by atoms with E-state index in [0.717, 1.165) is 0 Å². The van der Waals surface area contributed by atoms with Gasteiger partial charge in [0.05, 0.1) is 62.2 Å². The van der Waals surface area contributed by atoms with Gasteiger partial charge in [-0.15, -0.1) is 37.2 Å². The monoisotopic (exact) mass is 505 g/mol. The molecule has 30 heavy (non-hydrogen) atoms. The second kappa shape index (κ2) is 16.1. The highest BCUT2D eigenvalue weighted by atomic mass is 35.5. The van der Waals surface area contributed by atoms with Crippen molar-refractivity contribution in [3.8, 4) is 0 Å². The molecule has 0 aromatic heterocycles. The third kappa shape index (κ3) is 9.72. The molecule has 1 fully saturated rings. The maximum atomic E-state index is 10.8. The Morgan fingerprint density at radius 1 is 0.700 bits per heavy atom. The highest BCUT2D eigenvalue weighted by Gasteiger charge is 2.49. The van der Waals surface area contributed by atoms with Crippen LogP contribution in [0.25, 0.3) is 0 Å². The summed E-state index contributed by atoms with van der Waals surface area (Å²) >= 11 is 0. The predicted octanol–water partition coefficient (Wildman–Crippen LogP) is -4.89. The summed E-state index contributed by atoms with van der Waals surface area (Å²) in [5.74, 6) is -2.52. The predicted molar refractivity (Wildman–Crippen MR) is 110 cm³/mol. The van der Waals surface area contributed by atoms with E-state index in [-0.39, 0.29) is 43.8 Å². The van der Waals surface area contributed by atoms with Crippen LogP contribution in [0, 0.1) is 0 Å². The lowest BCUT2D eigenvalue weighted by atomic mass is 9.79. The fourth-order valence-corrected chi connectivity index (χ4v) is 2.93. The van der Waals surface area contributed by atoms with E-state index in [0.29, 0.717) is 0 Å². The highest BCUT2D eigenvalue weighted by molar-refractivity contribution is 5.86. The quantitative estimate of drug-likeness (QED) is 0.126. The Labute approximate surface area is 190 Å². The number of aliphatic hydroxyl groups is 6. The number of hydrogen-bond donors (Lipinski definition) is 11. The molecule has 13 nitrogen and oxygen atoms in total. The molecule has 0 aromatic rings. The van der Waals surface area contributed by atoms with Gasteiger partial charge >= 0.3 is 11.9 Å². The number of carbonyl (C=O) groups is 2. The summed E-state index contributed by atoms with van der Waals surface area (Å²) in [7, 11) is 0. The van der Waals surface area contributed by atoms with Crippen LogP contribution in [0.2, 0.25) is 0 Å². The van der Waals surface area contributed by atoms with Gasteiger partial charge in [-0.1, -0.05) is 0 Å². The Bertz CT molecular complexity index is 478. The average molecular weight is 507 g/mol. The Morgan fingerprint density at radius 3 is 1.33 bits per heavy atom. The van der Waals surface area contributed by atoms with Gasteiger partial charge in [0.15, 0.2) is 0 Å². The zero-order valence-electron chi connectivity index (χ0n) is 15.6. The van der Waals surface area contributed by atoms with Crippen molar-refractivity contribution in [2.45, 2.75) is 48.6 Å². The lowest BCUT2D eigenvalue weighted by molar-refractivity contribution is -0.138. The number of aliphatic hydroxyl groups excluding tert-OH is 6. The number of halogens is 3. The minimum atomic E-state index is -1.53. The largest absolute Gasteiger partial charge is 0.480 e. The van der Waals surface area contributed by atoms with Crippen molar-refractivity contribution in [1.82, 2.24) is 16.0 Å². The maximum absolute atomic E-state index is 10.8. The first kappa shape index (κ1) is 34.1. The molecule has 11 N–H and O–H groups in total. The average Bonchev–Trinajstić information content (AvgIpc) is 2.59. The lowest BCUT2D eigenvalue weighted by Crippen LogP contribution is -2.74. The van der Waals surface area contributed by atoms with Crippen LogP contribution in [0.15, 0.2) is 0 Å². The molecule has 182 valence electrons. The fraction of sp³-hybridized carbons (Fsp3) is 0.857. The minimum absolute atomic E-state index is 0. The zero-order chi connectivity index (χ0) is 20.7. The molecule has 1 aliphatic carbocycles. The molecule has 0 spiro atoms. The number of aliphatic carboxylic acids is 2. The summed E-state index contributed by atoms with van der Waals surface area (Å²) in [5.41, 5.74) is 0.